The molecule has 4 heteroatoms. The van der Waals surface area contributed by atoms with Gasteiger partial charge in [-0.25, -0.2) is 0 Å². The van der Waals surface area contributed by atoms with Crippen LogP contribution in [0.5, 0.6) is 0 Å². The summed E-state index contributed by atoms with van der Waals surface area (Å²) < 4.78 is 5.67. The molecule has 2 heterocycles. The van der Waals surface area contributed by atoms with E-state index in [4.69, 9.17) is 4.74 Å². The van der Waals surface area contributed by atoms with Crippen molar-refractivity contribution >= 4 is 23.5 Å². The number of rotatable bonds is 4. The Labute approximate surface area is 114 Å². The van der Waals surface area contributed by atoms with Crippen LogP contribution in [0.4, 0.5) is 0 Å². The summed E-state index contributed by atoms with van der Waals surface area (Å²) >= 11 is 4.36. The van der Waals surface area contributed by atoms with Crippen LogP contribution in [0.25, 0.3) is 0 Å². The average Bonchev–Trinajstić information content (AvgIpc) is 2.41. The minimum atomic E-state index is 0.637. The first-order chi connectivity index (χ1) is 8.36. The molecule has 2 aliphatic heterocycles. The third-order valence-corrected chi connectivity index (χ3v) is 7.26. The molecular formula is C13H25NOS2. The molecule has 0 saturated carbocycles. The summed E-state index contributed by atoms with van der Waals surface area (Å²) in [4.78, 5) is 0. The second-order valence-electron chi connectivity index (χ2n) is 4.94. The summed E-state index contributed by atoms with van der Waals surface area (Å²) in [5.74, 6) is 3.37. The molecule has 0 radical (unpaired) electrons. The first kappa shape index (κ1) is 14.0. The third-order valence-electron chi connectivity index (χ3n) is 3.89. The van der Waals surface area contributed by atoms with Gasteiger partial charge in [0.1, 0.15) is 0 Å². The van der Waals surface area contributed by atoms with Crippen molar-refractivity contribution in [2.45, 2.75) is 42.7 Å². The summed E-state index contributed by atoms with van der Waals surface area (Å²) in [5, 5.41) is 5.19. The average molecular weight is 275 g/mol. The highest BCUT2D eigenvalue weighted by Crippen LogP contribution is 2.38. The van der Waals surface area contributed by atoms with E-state index in [0.29, 0.717) is 6.04 Å². The highest BCUT2D eigenvalue weighted by atomic mass is 32.2. The molecule has 0 aromatic carbocycles. The van der Waals surface area contributed by atoms with Crippen LogP contribution in [0.15, 0.2) is 0 Å². The van der Waals surface area contributed by atoms with Crippen molar-refractivity contribution in [3.05, 3.63) is 0 Å². The SMILES string of the molecule is CCC1SCCSC1C(NC)C1CCCOC1. The van der Waals surface area contributed by atoms with Gasteiger partial charge in [-0.1, -0.05) is 6.92 Å². The van der Waals surface area contributed by atoms with Gasteiger partial charge in [0.15, 0.2) is 0 Å². The van der Waals surface area contributed by atoms with Crippen LogP contribution in [0.3, 0.4) is 0 Å². The van der Waals surface area contributed by atoms with E-state index in [1.807, 2.05) is 0 Å². The summed E-state index contributed by atoms with van der Waals surface area (Å²) in [6, 6.07) is 0.637. The number of ether oxygens (including phenoxy) is 1. The van der Waals surface area contributed by atoms with Gasteiger partial charge in [0.05, 0.1) is 6.61 Å². The zero-order valence-corrected chi connectivity index (χ0v) is 12.6. The third kappa shape index (κ3) is 3.55. The fourth-order valence-corrected chi connectivity index (χ4v) is 6.37. The lowest BCUT2D eigenvalue weighted by atomic mass is 9.90. The van der Waals surface area contributed by atoms with E-state index >= 15 is 0 Å². The topological polar surface area (TPSA) is 21.3 Å². The maximum absolute atomic E-state index is 5.67. The summed E-state index contributed by atoms with van der Waals surface area (Å²) in [7, 11) is 2.13. The maximum Gasteiger partial charge on any atom is 0.0509 e. The smallest absolute Gasteiger partial charge is 0.0509 e. The standard InChI is InChI=1S/C13H25NOS2/c1-3-11-13(17-8-7-16-11)12(14-2)10-5-4-6-15-9-10/h10-14H,3-9H2,1-2H3. The molecule has 17 heavy (non-hydrogen) atoms. The first-order valence-corrected chi connectivity index (χ1v) is 8.94. The maximum atomic E-state index is 5.67. The van der Waals surface area contributed by atoms with Gasteiger partial charge >= 0.3 is 0 Å². The highest BCUT2D eigenvalue weighted by molar-refractivity contribution is 8.07. The lowest BCUT2D eigenvalue weighted by Gasteiger charge is -2.40. The predicted octanol–water partition coefficient (Wildman–Crippen LogP) is 2.63. The lowest BCUT2D eigenvalue weighted by molar-refractivity contribution is 0.0399. The molecule has 2 nitrogen and oxygen atoms in total. The second-order valence-corrected chi connectivity index (χ2v) is 7.58. The molecule has 2 aliphatic rings. The Balaban J connectivity index is 1.99. The minimum absolute atomic E-state index is 0.637. The van der Waals surface area contributed by atoms with Crippen LogP contribution in [0, 0.1) is 5.92 Å². The Kier molecular flexibility index (Phi) is 6.00. The molecule has 0 amide bonds. The van der Waals surface area contributed by atoms with Crippen LogP contribution in [0.1, 0.15) is 26.2 Å². The Morgan fingerprint density at radius 3 is 2.82 bits per heavy atom. The van der Waals surface area contributed by atoms with Gasteiger partial charge in [-0.05, 0) is 32.2 Å². The van der Waals surface area contributed by atoms with Crippen molar-refractivity contribution in [2.75, 3.05) is 31.8 Å². The van der Waals surface area contributed by atoms with Gasteiger partial charge in [-0.15, -0.1) is 0 Å². The van der Waals surface area contributed by atoms with Crippen molar-refractivity contribution in [1.82, 2.24) is 5.32 Å². The van der Waals surface area contributed by atoms with Crippen LogP contribution in [-0.4, -0.2) is 48.3 Å². The van der Waals surface area contributed by atoms with Crippen molar-refractivity contribution in [1.29, 1.82) is 0 Å². The molecule has 2 fully saturated rings. The van der Waals surface area contributed by atoms with Gasteiger partial charge in [0, 0.05) is 34.7 Å². The first-order valence-electron chi connectivity index (χ1n) is 6.85. The molecule has 0 bridgehead atoms. The summed E-state index contributed by atoms with van der Waals surface area (Å²) in [6.07, 6.45) is 3.88. The van der Waals surface area contributed by atoms with Gasteiger partial charge < -0.3 is 10.1 Å². The normalized spacial score (nSPS) is 36.7. The molecule has 4 unspecified atom stereocenters. The Morgan fingerprint density at radius 1 is 1.35 bits per heavy atom. The molecule has 1 N–H and O–H groups in total. The highest BCUT2D eigenvalue weighted by Gasteiger charge is 2.36. The number of hydrogen-bond donors (Lipinski definition) is 1. The molecule has 0 spiro atoms. The van der Waals surface area contributed by atoms with Crippen LogP contribution >= 0.6 is 23.5 Å². The zero-order valence-electron chi connectivity index (χ0n) is 11.0. The van der Waals surface area contributed by atoms with E-state index in [9.17, 15) is 0 Å². The van der Waals surface area contributed by atoms with Gasteiger partial charge in [0.25, 0.3) is 0 Å². The molecule has 100 valence electrons. The van der Waals surface area contributed by atoms with Crippen molar-refractivity contribution < 1.29 is 4.74 Å². The largest absolute Gasteiger partial charge is 0.381 e. The molecule has 0 aromatic rings. The molecule has 2 saturated heterocycles. The minimum Gasteiger partial charge on any atom is -0.381 e. The van der Waals surface area contributed by atoms with Crippen molar-refractivity contribution in [2.24, 2.45) is 5.92 Å². The van der Waals surface area contributed by atoms with E-state index in [1.165, 1.54) is 30.8 Å². The molecule has 2 rings (SSSR count). The summed E-state index contributed by atoms with van der Waals surface area (Å²) in [5.41, 5.74) is 0. The van der Waals surface area contributed by atoms with Gasteiger partial charge in [-0.3, -0.25) is 0 Å². The van der Waals surface area contributed by atoms with Gasteiger partial charge in [0.2, 0.25) is 0 Å². The quantitative estimate of drug-likeness (QED) is 0.851. The van der Waals surface area contributed by atoms with Crippen LogP contribution < -0.4 is 5.32 Å². The Bertz CT molecular complexity index is 221. The van der Waals surface area contributed by atoms with E-state index < -0.39 is 0 Å². The predicted molar refractivity (Wildman–Crippen MR) is 79.2 cm³/mol. The van der Waals surface area contributed by atoms with E-state index in [1.54, 1.807) is 0 Å². The molecule has 0 aliphatic carbocycles. The Morgan fingerprint density at radius 2 is 2.18 bits per heavy atom. The molecule has 4 atom stereocenters. The fraction of sp³-hybridized carbons (Fsp3) is 1.00. The summed E-state index contributed by atoms with van der Waals surface area (Å²) in [6.45, 7) is 4.26. The van der Waals surface area contributed by atoms with E-state index in [-0.39, 0.29) is 0 Å². The van der Waals surface area contributed by atoms with Crippen molar-refractivity contribution in [3.63, 3.8) is 0 Å². The van der Waals surface area contributed by atoms with Crippen LogP contribution in [0.2, 0.25) is 0 Å². The monoisotopic (exact) mass is 275 g/mol. The van der Waals surface area contributed by atoms with Gasteiger partial charge in [-0.2, -0.15) is 23.5 Å². The van der Waals surface area contributed by atoms with E-state index in [0.717, 1.165) is 29.6 Å². The Hall–Kier alpha value is 0.620. The number of hydrogen-bond acceptors (Lipinski definition) is 4. The lowest BCUT2D eigenvalue weighted by Crippen LogP contribution is -2.50. The van der Waals surface area contributed by atoms with E-state index in [2.05, 4.69) is 42.8 Å². The fourth-order valence-electron chi connectivity index (χ4n) is 2.99. The van der Waals surface area contributed by atoms with Crippen molar-refractivity contribution in [3.8, 4) is 0 Å². The number of nitrogens with one attached hydrogen (secondary N) is 1. The van der Waals surface area contributed by atoms with Crippen LogP contribution in [-0.2, 0) is 4.74 Å². The number of thioether (sulfide) groups is 2. The second kappa shape index (κ2) is 7.27. The zero-order chi connectivity index (χ0) is 12.1. The molecular weight excluding hydrogens is 250 g/mol. The molecule has 0 aromatic heterocycles.